The van der Waals surface area contributed by atoms with Crippen molar-refractivity contribution in [3.05, 3.63) is 69.9 Å². The molecule has 1 amide bonds. The summed E-state index contributed by atoms with van der Waals surface area (Å²) in [6, 6.07) is 14.6. The van der Waals surface area contributed by atoms with Crippen LogP contribution in [0.15, 0.2) is 53.0 Å². The second-order valence-corrected chi connectivity index (χ2v) is 6.68. The number of rotatable bonds is 3. The van der Waals surface area contributed by atoms with Crippen molar-refractivity contribution in [1.82, 2.24) is 4.90 Å². The quantitative estimate of drug-likeness (QED) is 0.870. The minimum absolute atomic E-state index is 0.102. The summed E-state index contributed by atoms with van der Waals surface area (Å²) in [5.74, 6) is -0.486. The molecule has 5 heteroatoms. The fraction of sp³-hybridized carbons (Fsp3) is 0.278. The van der Waals surface area contributed by atoms with Gasteiger partial charge in [0, 0.05) is 10.0 Å². The van der Waals surface area contributed by atoms with Gasteiger partial charge < -0.3 is 9.80 Å². The summed E-state index contributed by atoms with van der Waals surface area (Å²) in [5.41, 5.74) is 1.71. The number of hydrogen-bond donors (Lipinski definition) is 1. The highest BCUT2D eigenvalue weighted by Crippen LogP contribution is 2.19. The molecule has 1 aliphatic rings. The molecule has 1 saturated heterocycles. The first-order valence-corrected chi connectivity index (χ1v) is 8.54. The van der Waals surface area contributed by atoms with E-state index in [0.717, 1.165) is 19.6 Å². The van der Waals surface area contributed by atoms with Gasteiger partial charge in [0.25, 0.3) is 5.91 Å². The average Bonchev–Trinajstić information content (AvgIpc) is 2.58. The minimum Gasteiger partial charge on any atom is -0.328 e. The molecular formula is C18H19BrFN2O+. The first kappa shape index (κ1) is 16.1. The number of carbonyl (C=O) groups is 1. The van der Waals surface area contributed by atoms with Crippen molar-refractivity contribution in [2.24, 2.45) is 0 Å². The number of halogens is 2. The number of benzene rings is 2. The lowest BCUT2D eigenvalue weighted by atomic mass is 10.1. The molecule has 1 fully saturated rings. The van der Waals surface area contributed by atoms with E-state index < -0.39 is 0 Å². The second-order valence-electron chi connectivity index (χ2n) is 5.83. The van der Waals surface area contributed by atoms with Gasteiger partial charge in [-0.05, 0) is 34.1 Å². The van der Waals surface area contributed by atoms with Crippen LogP contribution >= 0.6 is 15.9 Å². The summed E-state index contributed by atoms with van der Waals surface area (Å²) in [6.07, 6.45) is 0. The zero-order chi connectivity index (χ0) is 16.2. The van der Waals surface area contributed by atoms with Crippen molar-refractivity contribution < 1.29 is 14.1 Å². The number of nitrogens with zero attached hydrogens (tertiary/aromatic N) is 1. The van der Waals surface area contributed by atoms with Gasteiger partial charge in [0.15, 0.2) is 0 Å². The van der Waals surface area contributed by atoms with Gasteiger partial charge in [0.2, 0.25) is 0 Å². The molecule has 0 atom stereocenters. The third-order valence-corrected chi connectivity index (χ3v) is 4.91. The van der Waals surface area contributed by atoms with Crippen molar-refractivity contribution in [1.29, 1.82) is 0 Å². The Bertz CT molecular complexity index is 685. The number of amides is 1. The Hall–Kier alpha value is -1.72. The van der Waals surface area contributed by atoms with Crippen LogP contribution < -0.4 is 4.90 Å². The van der Waals surface area contributed by atoms with Crippen LogP contribution in [0.4, 0.5) is 4.39 Å². The minimum atomic E-state index is -0.384. The molecule has 0 aromatic heterocycles. The molecule has 23 heavy (non-hydrogen) atoms. The van der Waals surface area contributed by atoms with Gasteiger partial charge >= 0.3 is 0 Å². The molecule has 3 rings (SSSR count). The van der Waals surface area contributed by atoms with E-state index in [1.54, 1.807) is 6.07 Å². The average molecular weight is 378 g/mol. The molecule has 2 aromatic rings. The standard InChI is InChI=1S/C18H18BrFN2O/c19-17-7-6-15(20)12-16(17)18(23)22-10-8-21(9-11-22)13-14-4-2-1-3-5-14/h1-7,12H,8-11,13H2/p+1. The smallest absolute Gasteiger partial charge is 0.255 e. The Balaban J connectivity index is 1.60. The Labute approximate surface area is 143 Å². The molecular weight excluding hydrogens is 359 g/mol. The van der Waals surface area contributed by atoms with Crippen LogP contribution in [0.3, 0.4) is 0 Å². The summed E-state index contributed by atoms with van der Waals surface area (Å²) in [4.78, 5) is 15.8. The van der Waals surface area contributed by atoms with E-state index in [1.165, 1.54) is 22.6 Å². The lowest BCUT2D eigenvalue weighted by Gasteiger charge is -2.32. The predicted molar refractivity (Wildman–Crippen MR) is 90.8 cm³/mol. The van der Waals surface area contributed by atoms with Crippen LogP contribution in [0.2, 0.25) is 0 Å². The molecule has 1 aliphatic heterocycles. The van der Waals surface area contributed by atoms with Crippen LogP contribution in [0.5, 0.6) is 0 Å². The molecule has 0 spiro atoms. The van der Waals surface area contributed by atoms with E-state index >= 15 is 0 Å². The molecule has 1 heterocycles. The summed E-state index contributed by atoms with van der Waals surface area (Å²) in [6.45, 7) is 4.20. The molecule has 0 unspecified atom stereocenters. The van der Waals surface area contributed by atoms with E-state index in [1.807, 2.05) is 11.0 Å². The van der Waals surface area contributed by atoms with Gasteiger partial charge in [-0.2, -0.15) is 0 Å². The third-order valence-electron chi connectivity index (χ3n) is 4.21. The Morgan fingerprint density at radius 2 is 1.83 bits per heavy atom. The lowest BCUT2D eigenvalue weighted by molar-refractivity contribution is -0.917. The van der Waals surface area contributed by atoms with E-state index in [4.69, 9.17) is 0 Å². The zero-order valence-corrected chi connectivity index (χ0v) is 14.4. The van der Waals surface area contributed by atoms with Gasteiger partial charge in [-0.15, -0.1) is 0 Å². The van der Waals surface area contributed by atoms with Crippen molar-refractivity contribution in [3.8, 4) is 0 Å². The molecule has 1 N–H and O–H groups in total. The Morgan fingerprint density at radius 3 is 2.52 bits per heavy atom. The molecule has 120 valence electrons. The van der Waals surface area contributed by atoms with E-state index in [2.05, 4.69) is 40.2 Å². The monoisotopic (exact) mass is 377 g/mol. The van der Waals surface area contributed by atoms with E-state index in [0.29, 0.717) is 23.1 Å². The fourth-order valence-electron chi connectivity index (χ4n) is 2.92. The van der Waals surface area contributed by atoms with Crippen LogP contribution in [0, 0.1) is 5.82 Å². The molecule has 0 bridgehead atoms. The summed E-state index contributed by atoms with van der Waals surface area (Å²) in [5, 5.41) is 0. The fourth-order valence-corrected chi connectivity index (χ4v) is 3.34. The van der Waals surface area contributed by atoms with Gasteiger partial charge in [-0.1, -0.05) is 30.3 Å². The third kappa shape index (κ3) is 3.98. The number of nitrogens with one attached hydrogen (secondary N) is 1. The summed E-state index contributed by atoms with van der Waals surface area (Å²) in [7, 11) is 0. The number of quaternary nitrogens is 1. The maximum Gasteiger partial charge on any atom is 0.255 e. The maximum atomic E-state index is 13.4. The highest BCUT2D eigenvalue weighted by molar-refractivity contribution is 9.10. The van der Waals surface area contributed by atoms with Gasteiger partial charge in [-0.3, -0.25) is 4.79 Å². The van der Waals surface area contributed by atoms with Gasteiger partial charge in [-0.25, -0.2) is 4.39 Å². The van der Waals surface area contributed by atoms with E-state index in [-0.39, 0.29) is 11.7 Å². The molecule has 0 aliphatic carbocycles. The summed E-state index contributed by atoms with van der Waals surface area (Å²) >= 11 is 3.33. The predicted octanol–water partition coefficient (Wildman–Crippen LogP) is 2.13. The van der Waals surface area contributed by atoms with Crippen molar-refractivity contribution in [2.75, 3.05) is 26.2 Å². The second kappa shape index (κ2) is 7.23. The molecule has 0 saturated carbocycles. The van der Waals surface area contributed by atoms with Gasteiger partial charge in [0.05, 0.1) is 31.7 Å². The lowest BCUT2D eigenvalue weighted by Crippen LogP contribution is -3.13. The number of piperazine rings is 1. The van der Waals surface area contributed by atoms with Crippen molar-refractivity contribution in [2.45, 2.75) is 6.54 Å². The van der Waals surface area contributed by atoms with Gasteiger partial charge in [0.1, 0.15) is 12.4 Å². The normalized spacial score (nSPS) is 15.7. The van der Waals surface area contributed by atoms with E-state index in [9.17, 15) is 9.18 Å². The topological polar surface area (TPSA) is 24.8 Å². The van der Waals surface area contributed by atoms with Crippen LogP contribution in [0.1, 0.15) is 15.9 Å². The first-order valence-electron chi connectivity index (χ1n) is 7.75. The number of hydrogen-bond acceptors (Lipinski definition) is 1. The zero-order valence-electron chi connectivity index (χ0n) is 12.8. The highest BCUT2D eigenvalue weighted by atomic mass is 79.9. The van der Waals surface area contributed by atoms with Crippen LogP contribution in [-0.2, 0) is 6.54 Å². The SMILES string of the molecule is O=C(c1cc(F)ccc1Br)N1CC[NH+](Cc2ccccc2)CC1. The largest absolute Gasteiger partial charge is 0.328 e. The summed E-state index contributed by atoms with van der Waals surface area (Å²) < 4.78 is 14.0. The Kier molecular flexibility index (Phi) is 5.08. The molecule has 3 nitrogen and oxygen atoms in total. The first-order chi connectivity index (χ1) is 11.1. The van der Waals surface area contributed by atoms with Crippen LogP contribution in [-0.4, -0.2) is 37.0 Å². The highest BCUT2D eigenvalue weighted by Gasteiger charge is 2.25. The van der Waals surface area contributed by atoms with Crippen molar-refractivity contribution in [3.63, 3.8) is 0 Å². The Morgan fingerprint density at radius 1 is 1.13 bits per heavy atom. The van der Waals surface area contributed by atoms with Crippen LogP contribution in [0.25, 0.3) is 0 Å². The van der Waals surface area contributed by atoms with Crippen molar-refractivity contribution >= 4 is 21.8 Å². The number of carbonyl (C=O) groups excluding carboxylic acids is 1. The maximum absolute atomic E-state index is 13.4. The molecule has 0 radical (unpaired) electrons. The molecule has 2 aromatic carbocycles.